The Hall–Kier alpha value is -1.81. The van der Waals surface area contributed by atoms with E-state index in [0.717, 1.165) is 19.1 Å². The first-order valence-electron chi connectivity index (χ1n) is 5.02. The maximum absolute atomic E-state index is 11.2. The van der Waals surface area contributed by atoms with E-state index < -0.39 is 10.0 Å². The Morgan fingerprint density at radius 1 is 1.59 bits per heavy atom. The summed E-state index contributed by atoms with van der Waals surface area (Å²) >= 11 is 0. The number of nitriles is 1. The fourth-order valence-electron chi connectivity index (χ4n) is 1.24. The standard InChI is InChI=1S/C10H11N3O3S/c1-17(14,15)13-9-4-7(5-11)12-6-10(9)16-8-2-3-8/h4,6,8H,2-3H2,1H3,(H,12,13). The number of sulfonamides is 1. The minimum atomic E-state index is -3.41. The Morgan fingerprint density at radius 2 is 2.29 bits per heavy atom. The number of hydrogen-bond acceptors (Lipinski definition) is 5. The van der Waals surface area contributed by atoms with Crippen LogP contribution in [0.2, 0.25) is 0 Å². The van der Waals surface area contributed by atoms with Crippen molar-refractivity contribution in [3.8, 4) is 11.8 Å². The molecule has 1 aliphatic rings. The van der Waals surface area contributed by atoms with Crippen LogP contribution in [-0.4, -0.2) is 25.8 Å². The van der Waals surface area contributed by atoms with Gasteiger partial charge in [-0.05, 0) is 12.8 Å². The van der Waals surface area contributed by atoms with E-state index in [9.17, 15) is 8.42 Å². The maximum atomic E-state index is 11.2. The van der Waals surface area contributed by atoms with Crippen molar-refractivity contribution in [1.82, 2.24) is 4.98 Å². The zero-order chi connectivity index (χ0) is 12.5. The van der Waals surface area contributed by atoms with Crippen LogP contribution in [0, 0.1) is 11.3 Å². The molecule has 1 N–H and O–H groups in total. The summed E-state index contributed by atoms with van der Waals surface area (Å²) < 4.78 is 30.2. The average Bonchev–Trinajstić information content (AvgIpc) is 3.02. The van der Waals surface area contributed by atoms with E-state index in [1.807, 2.05) is 6.07 Å². The lowest BCUT2D eigenvalue weighted by molar-refractivity contribution is 0.303. The van der Waals surface area contributed by atoms with E-state index in [4.69, 9.17) is 10.00 Å². The fraction of sp³-hybridized carbons (Fsp3) is 0.400. The number of nitrogens with zero attached hydrogens (tertiary/aromatic N) is 2. The molecule has 0 atom stereocenters. The first kappa shape index (κ1) is 11.7. The smallest absolute Gasteiger partial charge is 0.229 e. The van der Waals surface area contributed by atoms with Gasteiger partial charge in [0.2, 0.25) is 10.0 Å². The number of rotatable bonds is 4. The molecule has 1 aliphatic carbocycles. The lowest BCUT2D eigenvalue weighted by Gasteiger charge is -2.11. The summed E-state index contributed by atoms with van der Waals surface area (Å²) in [5, 5.41) is 8.71. The molecule has 1 saturated carbocycles. The van der Waals surface area contributed by atoms with Gasteiger partial charge in [-0.2, -0.15) is 5.26 Å². The van der Waals surface area contributed by atoms with E-state index >= 15 is 0 Å². The van der Waals surface area contributed by atoms with Crippen LogP contribution >= 0.6 is 0 Å². The highest BCUT2D eigenvalue weighted by atomic mass is 32.2. The number of anilines is 1. The van der Waals surface area contributed by atoms with Crippen LogP contribution in [0.25, 0.3) is 0 Å². The summed E-state index contributed by atoms with van der Waals surface area (Å²) in [6.07, 6.45) is 4.45. The molecule has 0 bridgehead atoms. The van der Waals surface area contributed by atoms with E-state index in [2.05, 4.69) is 9.71 Å². The molecule has 0 spiro atoms. The number of ether oxygens (including phenoxy) is 1. The highest BCUT2D eigenvalue weighted by Crippen LogP contribution is 2.32. The van der Waals surface area contributed by atoms with Crippen LogP contribution in [0.3, 0.4) is 0 Å². The van der Waals surface area contributed by atoms with E-state index in [1.54, 1.807) is 0 Å². The summed E-state index contributed by atoms with van der Waals surface area (Å²) in [4.78, 5) is 3.85. The SMILES string of the molecule is CS(=O)(=O)Nc1cc(C#N)ncc1OC1CC1. The molecule has 1 fully saturated rings. The van der Waals surface area contributed by atoms with Gasteiger partial charge < -0.3 is 4.74 Å². The van der Waals surface area contributed by atoms with Crippen molar-refractivity contribution in [2.24, 2.45) is 0 Å². The van der Waals surface area contributed by atoms with Gasteiger partial charge in [0.25, 0.3) is 0 Å². The quantitative estimate of drug-likeness (QED) is 0.859. The van der Waals surface area contributed by atoms with Gasteiger partial charge in [0.05, 0.1) is 24.2 Å². The Balaban J connectivity index is 2.32. The minimum absolute atomic E-state index is 0.129. The van der Waals surface area contributed by atoms with Crippen LogP contribution in [0.5, 0.6) is 5.75 Å². The van der Waals surface area contributed by atoms with Gasteiger partial charge in [-0.3, -0.25) is 4.72 Å². The molecule has 6 nitrogen and oxygen atoms in total. The second kappa shape index (κ2) is 4.22. The van der Waals surface area contributed by atoms with Gasteiger partial charge in [-0.15, -0.1) is 0 Å². The predicted octanol–water partition coefficient (Wildman–Crippen LogP) is 0.866. The van der Waals surface area contributed by atoms with Crippen LogP contribution < -0.4 is 9.46 Å². The van der Waals surface area contributed by atoms with Gasteiger partial charge in [0.1, 0.15) is 11.8 Å². The molecule has 1 aromatic rings. The zero-order valence-electron chi connectivity index (χ0n) is 9.17. The maximum Gasteiger partial charge on any atom is 0.229 e. The highest BCUT2D eigenvalue weighted by molar-refractivity contribution is 7.92. The van der Waals surface area contributed by atoms with Crippen molar-refractivity contribution in [2.75, 3.05) is 11.0 Å². The van der Waals surface area contributed by atoms with Crippen molar-refractivity contribution in [3.05, 3.63) is 18.0 Å². The number of pyridine rings is 1. The van der Waals surface area contributed by atoms with Crippen LogP contribution in [0.4, 0.5) is 5.69 Å². The van der Waals surface area contributed by atoms with Crippen LogP contribution in [0.15, 0.2) is 12.3 Å². The molecular formula is C10H11N3O3S. The van der Waals surface area contributed by atoms with Crippen molar-refractivity contribution < 1.29 is 13.2 Å². The summed E-state index contributed by atoms with van der Waals surface area (Å²) in [5.74, 6) is 0.358. The van der Waals surface area contributed by atoms with Crippen molar-refractivity contribution in [3.63, 3.8) is 0 Å². The Labute approximate surface area is 99.3 Å². The van der Waals surface area contributed by atoms with Crippen molar-refractivity contribution >= 4 is 15.7 Å². The highest BCUT2D eigenvalue weighted by Gasteiger charge is 2.25. The van der Waals surface area contributed by atoms with Crippen molar-refractivity contribution in [2.45, 2.75) is 18.9 Å². The van der Waals surface area contributed by atoms with E-state index in [0.29, 0.717) is 5.75 Å². The van der Waals surface area contributed by atoms with E-state index in [-0.39, 0.29) is 17.5 Å². The number of hydrogen-bond donors (Lipinski definition) is 1. The fourth-order valence-corrected chi connectivity index (χ4v) is 1.80. The second-order valence-corrected chi connectivity index (χ2v) is 5.62. The molecule has 0 saturated heterocycles. The molecule has 1 heterocycles. The summed E-state index contributed by atoms with van der Waals surface area (Å²) in [5.41, 5.74) is 0.394. The topological polar surface area (TPSA) is 92.1 Å². The molecule has 1 aromatic heterocycles. The van der Waals surface area contributed by atoms with Gasteiger partial charge in [0.15, 0.2) is 5.75 Å². The molecule has 0 aliphatic heterocycles. The van der Waals surface area contributed by atoms with Crippen molar-refractivity contribution in [1.29, 1.82) is 5.26 Å². The molecule has 90 valence electrons. The Bertz CT molecular complexity index is 573. The molecular weight excluding hydrogens is 242 g/mol. The summed E-state index contributed by atoms with van der Waals surface area (Å²) in [6, 6.07) is 3.21. The van der Waals surface area contributed by atoms with Gasteiger partial charge in [-0.1, -0.05) is 0 Å². The third-order valence-corrected chi connectivity index (χ3v) is 2.69. The molecule has 0 amide bonds. The van der Waals surface area contributed by atoms with Gasteiger partial charge in [-0.25, -0.2) is 13.4 Å². The average molecular weight is 253 g/mol. The minimum Gasteiger partial charge on any atom is -0.487 e. The van der Waals surface area contributed by atoms with Gasteiger partial charge in [0, 0.05) is 6.07 Å². The van der Waals surface area contributed by atoms with Crippen LogP contribution in [0.1, 0.15) is 18.5 Å². The largest absolute Gasteiger partial charge is 0.487 e. The predicted molar refractivity (Wildman–Crippen MR) is 61.1 cm³/mol. The zero-order valence-corrected chi connectivity index (χ0v) is 9.99. The Morgan fingerprint density at radius 3 is 2.82 bits per heavy atom. The second-order valence-electron chi connectivity index (χ2n) is 3.87. The molecule has 0 aromatic carbocycles. The Kier molecular flexibility index (Phi) is 2.90. The molecule has 0 radical (unpaired) electrons. The first-order chi connectivity index (χ1) is 7.98. The van der Waals surface area contributed by atoms with Gasteiger partial charge >= 0.3 is 0 Å². The van der Waals surface area contributed by atoms with E-state index in [1.165, 1.54) is 12.3 Å². The normalized spacial score (nSPS) is 15.1. The molecule has 2 rings (SSSR count). The first-order valence-corrected chi connectivity index (χ1v) is 6.91. The molecule has 0 unspecified atom stereocenters. The lowest BCUT2D eigenvalue weighted by Crippen LogP contribution is -2.12. The molecule has 7 heteroatoms. The summed E-state index contributed by atoms with van der Waals surface area (Å²) in [7, 11) is -3.41. The number of aromatic nitrogens is 1. The monoisotopic (exact) mass is 253 g/mol. The van der Waals surface area contributed by atoms with Crippen LogP contribution in [-0.2, 0) is 10.0 Å². The third kappa shape index (κ3) is 3.32. The summed E-state index contributed by atoms with van der Waals surface area (Å²) in [6.45, 7) is 0. The molecule has 17 heavy (non-hydrogen) atoms. The number of nitrogens with one attached hydrogen (secondary N) is 1. The third-order valence-electron chi connectivity index (χ3n) is 2.10. The lowest BCUT2D eigenvalue weighted by atomic mass is 10.3.